The van der Waals surface area contributed by atoms with Crippen molar-refractivity contribution in [1.82, 2.24) is 0 Å². The topological polar surface area (TPSA) is 54.5 Å². The Bertz CT molecular complexity index is 936. The minimum atomic E-state index is -2.99. The lowest BCUT2D eigenvalue weighted by Gasteiger charge is -2.27. The highest BCUT2D eigenvalue weighted by atomic mass is 32.2. The maximum Gasteiger partial charge on any atom is 0.227 e. The highest BCUT2D eigenvalue weighted by Crippen LogP contribution is 2.37. The first-order valence-electron chi connectivity index (χ1n) is 9.21. The SMILES string of the molecule is O=C(CC1CCCS(=O)(=O)C1)N1CCc2ccccc2-c2ccccc21. The van der Waals surface area contributed by atoms with Gasteiger partial charge in [-0.3, -0.25) is 4.79 Å². The first-order chi connectivity index (χ1) is 12.5. The molecule has 26 heavy (non-hydrogen) atoms. The van der Waals surface area contributed by atoms with Crippen molar-refractivity contribution in [2.24, 2.45) is 5.92 Å². The Morgan fingerprint density at radius 1 is 1.04 bits per heavy atom. The molecule has 1 saturated heterocycles. The van der Waals surface area contributed by atoms with Crippen molar-refractivity contribution in [3.8, 4) is 11.1 Å². The first kappa shape index (κ1) is 17.3. The Hall–Kier alpha value is -2.14. The third-order valence-electron chi connectivity index (χ3n) is 5.43. The summed E-state index contributed by atoms with van der Waals surface area (Å²) in [5.74, 6) is 0.389. The quantitative estimate of drug-likeness (QED) is 0.815. The number of amides is 1. The van der Waals surface area contributed by atoms with E-state index in [2.05, 4.69) is 18.2 Å². The molecule has 1 amide bonds. The van der Waals surface area contributed by atoms with Crippen molar-refractivity contribution in [2.45, 2.75) is 25.7 Å². The smallest absolute Gasteiger partial charge is 0.227 e. The van der Waals surface area contributed by atoms with Gasteiger partial charge in [-0.1, -0.05) is 42.5 Å². The third-order valence-corrected chi connectivity index (χ3v) is 7.32. The summed E-state index contributed by atoms with van der Waals surface area (Å²) in [6, 6.07) is 16.3. The summed E-state index contributed by atoms with van der Waals surface area (Å²) in [6.07, 6.45) is 2.60. The van der Waals surface area contributed by atoms with Crippen LogP contribution in [0.2, 0.25) is 0 Å². The number of rotatable bonds is 2. The van der Waals surface area contributed by atoms with Crippen molar-refractivity contribution in [1.29, 1.82) is 0 Å². The Kier molecular flexibility index (Phi) is 4.57. The van der Waals surface area contributed by atoms with Gasteiger partial charge in [-0.05, 0) is 42.4 Å². The monoisotopic (exact) mass is 369 g/mol. The minimum absolute atomic E-state index is 0.0346. The van der Waals surface area contributed by atoms with Gasteiger partial charge in [0.15, 0.2) is 9.84 Å². The van der Waals surface area contributed by atoms with E-state index < -0.39 is 9.84 Å². The van der Waals surface area contributed by atoms with Crippen molar-refractivity contribution in [2.75, 3.05) is 23.0 Å². The molecule has 0 bridgehead atoms. The number of sulfone groups is 1. The molecular formula is C21H23NO3S. The predicted molar refractivity (Wildman–Crippen MR) is 104 cm³/mol. The van der Waals surface area contributed by atoms with Crippen LogP contribution in [0.1, 0.15) is 24.8 Å². The lowest BCUT2D eigenvalue weighted by molar-refractivity contribution is -0.119. The molecule has 1 fully saturated rings. The molecule has 0 aromatic heterocycles. The van der Waals surface area contributed by atoms with E-state index in [9.17, 15) is 13.2 Å². The molecule has 136 valence electrons. The zero-order valence-electron chi connectivity index (χ0n) is 14.7. The van der Waals surface area contributed by atoms with E-state index in [1.807, 2.05) is 35.2 Å². The van der Waals surface area contributed by atoms with Gasteiger partial charge in [0.25, 0.3) is 0 Å². The number of nitrogens with zero attached hydrogens (tertiary/aromatic N) is 1. The summed E-state index contributed by atoms with van der Waals surface area (Å²) in [7, 11) is -2.99. The molecule has 0 saturated carbocycles. The van der Waals surface area contributed by atoms with Gasteiger partial charge in [-0.2, -0.15) is 0 Å². The summed E-state index contributed by atoms with van der Waals surface area (Å²) in [5.41, 5.74) is 4.43. The highest BCUT2D eigenvalue weighted by molar-refractivity contribution is 7.91. The van der Waals surface area contributed by atoms with Gasteiger partial charge in [0.1, 0.15) is 0 Å². The van der Waals surface area contributed by atoms with Crippen LogP contribution in [0.15, 0.2) is 48.5 Å². The number of para-hydroxylation sites is 1. The average Bonchev–Trinajstić information content (AvgIpc) is 2.78. The number of hydrogen-bond acceptors (Lipinski definition) is 3. The molecule has 1 atom stereocenters. The molecule has 5 heteroatoms. The molecule has 2 aliphatic rings. The van der Waals surface area contributed by atoms with E-state index in [1.165, 1.54) is 11.1 Å². The maximum atomic E-state index is 13.1. The summed E-state index contributed by atoms with van der Waals surface area (Å²) in [4.78, 5) is 14.9. The maximum absolute atomic E-state index is 13.1. The predicted octanol–water partition coefficient (Wildman–Crippen LogP) is 3.46. The molecule has 2 aromatic carbocycles. The molecule has 2 aliphatic heterocycles. The fourth-order valence-electron chi connectivity index (χ4n) is 4.19. The number of fused-ring (bicyclic) bond motifs is 3. The zero-order chi connectivity index (χ0) is 18.1. The fraction of sp³-hybridized carbons (Fsp3) is 0.381. The molecule has 4 rings (SSSR count). The van der Waals surface area contributed by atoms with Crippen LogP contribution >= 0.6 is 0 Å². The molecule has 4 nitrogen and oxygen atoms in total. The van der Waals surface area contributed by atoms with Crippen LogP contribution in [-0.2, 0) is 21.1 Å². The van der Waals surface area contributed by atoms with Crippen molar-refractivity contribution >= 4 is 21.4 Å². The van der Waals surface area contributed by atoms with Crippen LogP contribution < -0.4 is 4.90 Å². The molecule has 0 radical (unpaired) electrons. The Balaban J connectivity index is 1.62. The highest BCUT2D eigenvalue weighted by Gasteiger charge is 2.30. The summed E-state index contributed by atoms with van der Waals surface area (Å²) < 4.78 is 23.8. The lowest BCUT2D eigenvalue weighted by atomic mass is 9.98. The third kappa shape index (κ3) is 3.40. The second kappa shape index (κ2) is 6.88. The van der Waals surface area contributed by atoms with E-state index in [0.717, 1.165) is 24.1 Å². The lowest BCUT2D eigenvalue weighted by Crippen LogP contribution is -2.36. The summed E-state index contributed by atoms with van der Waals surface area (Å²) in [5, 5.41) is 0. The molecular weight excluding hydrogens is 346 g/mol. The van der Waals surface area contributed by atoms with Gasteiger partial charge in [-0.25, -0.2) is 8.42 Å². The van der Waals surface area contributed by atoms with Crippen LogP contribution in [0.25, 0.3) is 11.1 Å². The molecule has 1 unspecified atom stereocenters. The van der Waals surface area contributed by atoms with Crippen LogP contribution in [0, 0.1) is 5.92 Å². The number of hydrogen-bond donors (Lipinski definition) is 0. The van der Waals surface area contributed by atoms with Crippen molar-refractivity contribution in [3.05, 3.63) is 54.1 Å². The molecule has 0 N–H and O–H groups in total. The van der Waals surface area contributed by atoms with E-state index in [4.69, 9.17) is 0 Å². The average molecular weight is 369 g/mol. The Morgan fingerprint density at radius 2 is 1.77 bits per heavy atom. The molecule has 2 heterocycles. The normalized spacial score (nSPS) is 21.4. The van der Waals surface area contributed by atoms with Gasteiger partial charge in [-0.15, -0.1) is 0 Å². The summed E-state index contributed by atoms with van der Waals surface area (Å²) >= 11 is 0. The first-order valence-corrected chi connectivity index (χ1v) is 11.0. The number of benzene rings is 2. The molecule has 2 aromatic rings. The summed E-state index contributed by atoms with van der Waals surface area (Å²) in [6.45, 7) is 0.631. The number of carbonyl (C=O) groups excluding carboxylic acids is 1. The van der Waals surface area contributed by atoms with Gasteiger partial charge in [0, 0.05) is 18.5 Å². The zero-order valence-corrected chi connectivity index (χ0v) is 15.5. The van der Waals surface area contributed by atoms with Gasteiger partial charge in [0.05, 0.1) is 17.2 Å². The van der Waals surface area contributed by atoms with Crippen molar-refractivity contribution in [3.63, 3.8) is 0 Å². The van der Waals surface area contributed by atoms with E-state index in [1.54, 1.807) is 0 Å². The Labute approximate surface area is 154 Å². The largest absolute Gasteiger partial charge is 0.311 e. The van der Waals surface area contributed by atoms with E-state index >= 15 is 0 Å². The van der Waals surface area contributed by atoms with Gasteiger partial charge >= 0.3 is 0 Å². The van der Waals surface area contributed by atoms with Gasteiger partial charge in [0.2, 0.25) is 5.91 Å². The second-order valence-electron chi connectivity index (χ2n) is 7.30. The minimum Gasteiger partial charge on any atom is -0.311 e. The second-order valence-corrected chi connectivity index (χ2v) is 9.53. The number of anilines is 1. The van der Waals surface area contributed by atoms with Crippen LogP contribution in [0.3, 0.4) is 0 Å². The molecule has 0 spiro atoms. The van der Waals surface area contributed by atoms with Gasteiger partial charge < -0.3 is 4.90 Å². The van der Waals surface area contributed by atoms with E-state index in [-0.39, 0.29) is 23.3 Å². The fourth-order valence-corrected chi connectivity index (χ4v) is 5.96. The molecule has 0 aliphatic carbocycles. The van der Waals surface area contributed by atoms with Crippen LogP contribution in [0.5, 0.6) is 0 Å². The number of carbonyl (C=O) groups is 1. The standard InChI is InChI=1S/C21H23NO3S/c23-21(14-16-6-5-13-26(24,25)15-16)22-12-11-17-7-1-2-8-18(17)19-9-3-4-10-20(19)22/h1-4,7-10,16H,5-6,11-15H2. The van der Waals surface area contributed by atoms with E-state index in [0.29, 0.717) is 19.4 Å². The Morgan fingerprint density at radius 3 is 2.58 bits per heavy atom. The van der Waals surface area contributed by atoms with Crippen LogP contribution in [0.4, 0.5) is 5.69 Å². The van der Waals surface area contributed by atoms with Crippen molar-refractivity contribution < 1.29 is 13.2 Å². The van der Waals surface area contributed by atoms with Crippen LogP contribution in [-0.4, -0.2) is 32.4 Å².